The zero-order valence-corrected chi connectivity index (χ0v) is 9.83. The number of methoxy groups -OCH3 is 1. The molecule has 0 amide bonds. The first-order valence-electron chi connectivity index (χ1n) is 5.08. The van der Waals surface area contributed by atoms with Crippen LogP contribution in [0.4, 0.5) is 5.82 Å². The average molecular weight is 244 g/mol. The zero-order chi connectivity index (χ0) is 11.4. The van der Waals surface area contributed by atoms with Crippen molar-refractivity contribution >= 4 is 17.4 Å². The quantitative estimate of drug-likeness (QED) is 0.865. The first-order chi connectivity index (χ1) is 7.74. The van der Waals surface area contributed by atoms with Crippen molar-refractivity contribution in [2.75, 3.05) is 32.2 Å². The van der Waals surface area contributed by atoms with Crippen molar-refractivity contribution in [2.45, 2.75) is 12.0 Å². The van der Waals surface area contributed by atoms with Gasteiger partial charge in [0.05, 0.1) is 19.0 Å². The van der Waals surface area contributed by atoms with Gasteiger partial charge in [-0.05, 0) is 0 Å². The van der Waals surface area contributed by atoms with Crippen LogP contribution >= 0.6 is 11.6 Å². The van der Waals surface area contributed by atoms with E-state index in [0.717, 1.165) is 13.0 Å². The SMILES string of the molecule is COC1(CNc2cncc(Cl)n2)CCOC1. The summed E-state index contributed by atoms with van der Waals surface area (Å²) >= 11 is 5.74. The van der Waals surface area contributed by atoms with Crippen molar-refractivity contribution in [3.8, 4) is 0 Å². The Morgan fingerprint density at radius 1 is 1.62 bits per heavy atom. The van der Waals surface area contributed by atoms with Gasteiger partial charge in [0.1, 0.15) is 16.6 Å². The molecule has 0 saturated carbocycles. The van der Waals surface area contributed by atoms with Gasteiger partial charge in [-0.3, -0.25) is 4.98 Å². The molecule has 1 aromatic heterocycles. The van der Waals surface area contributed by atoms with E-state index in [1.807, 2.05) is 0 Å². The van der Waals surface area contributed by atoms with E-state index < -0.39 is 0 Å². The molecule has 2 heterocycles. The van der Waals surface area contributed by atoms with Gasteiger partial charge < -0.3 is 14.8 Å². The fraction of sp³-hybridized carbons (Fsp3) is 0.600. The third-order valence-electron chi connectivity index (χ3n) is 2.70. The number of aromatic nitrogens is 2. The van der Waals surface area contributed by atoms with Gasteiger partial charge in [0.15, 0.2) is 0 Å². The van der Waals surface area contributed by atoms with Gasteiger partial charge in [-0.15, -0.1) is 0 Å². The molecule has 6 heteroatoms. The Morgan fingerprint density at radius 3 is 3.12 bits per heavy atom. The second kappa shape index (κ2) is 4.95. The Balaban J connectivity index is 1.95. The molecule has 5 nitrogen and oxygen atoms in total. The van der Waals surface area contributed by atoms with E-state index in [1.54, 1.807) is 13.3 Å². The van der Waals surface area contributed by atoms with Crippen molar-refractivity contribution in [3.63, 3.8) is 0 Å². The Kier molecular flexibility index (Phi) is 3.58. The minimum atomic E-state index is -0.260. The third kappa shape index (κ3) is 2.61. The summed E-state index contributed by atoms with van der Waals surface area (Å²) < 4.78 is 10.8. The van der Waals surface area contributed by atoms with Crippen LogP contribution in [0.15, 0.2) is 12.4 Å². The summed E-state index contributed by atoms with van der Waals surface area (Å²) in [4.78, 5) is 8.04. The molecule has 88 valence electrons. The van der Waals surface area contributed by atoms with Crippen molar-refractivity contribution < 1.29 is 9.47 Å². The lowest BCUT2D eigenvalue weighted by Gasteiger charge is -2.25. The van der Waals surface area contributed by atoms with Crippen molar-refractivity contribution in [1.82, 2.24) is 9.97 Å². The predicted molar refractivity (Wildman–Crippen MR) is 60.7 cm³/mol. The van der Waals surface area contributed by atoms with Crippen molar-refractivity contribution in [3.05, 3.63) is 17.5 Å². The lowest BCUT2D eigenvalue weighted by molar-refractivity contribution is -0.00625. The first-order valence-corrected chi connectivity index (χ1v) is 5.46. The lowest BCUT2D eigenvalue weighted by Crippen LogP contribution is -2.39. The lowest BCUT2D eigenvalue weighted by atomic mass is 10.0. The molecule has 2 rings (SSSR count). The van der Waals surface area contributed by atoms with Crippen LogP contribution in [0.1, 0.15) is 6.42 Å². The van der Waals surface area contributed by atoms with Gasteiger partial charge in [-0.1, -0.05) is 11.6 Å². The van der Waals surface area contributed by atoms with Gasteiger partial charge in [0.2, 0.25) is 0 Å². The van der Waals surface area contributed by atoms with Crippen LogP contribution < -0.4 is 5.32 Å². The number of hydrogen-bond donors (Lipinski definition) is 1. The Morgan fingerprint density at radius 2 is 2.50 bits per heavy atom. The maximum absolute atomic E-state index is 5.74. The van der Waals surface area contributed by atoms with E-state index in [4.69, 9.17) is 21.1 Å². The highest BCUT2D eigenvalue weighted by atomic mass is 35.5. The molecule has 1 aliphatic rings. The standard InChI is InChI=1S/C10H14ClN3O2/c1-15-10(2-3-16-7-10)6-13-9-5-12-4-8(11)14-9/h4-5H,2-3,6-7H2,1H3,(H,13,14). The Bertz CT molecular complexity index is 356. The molecular weight excluding hydrogens is 230 g/mol. The van der Waals surface area contributed by atoms with E-state index in [-0.39, 0.29) is 5.60 Å². The van der Waals surface area contributed by atoms with Gasteiger partial charge in [-0.2, -0.15) is 0 Å². The summed E-state index contributed by atoms with van der Waals surface area (Å²) in [5.74, 6) is 0.649. The maximum Gasteiger partial charge on any atom is 0.149 e. The van der Waals surface area contributed by atoms with Gasteiger partial charge in [-0.25, -0.2) is 4.98 Å². The third-order valence-corrected chi connectivity index (χ3v) is 2.88. The van der Waals surface area contributed by atoms with Crippen LogP contribution in [-0.2, 0) is 9.47 Å². The fourth-order valence-electron chi connectivity index (χ4n) is 1.64. The van der Waals surface area contributed by atoms with Gasteiger partial charge in [0.25, 0.3) is 0 Å². The molecule has 0 bridgehead atoms. The molecule has 1 atom stereocenters. The number of anilines is 1. The van der Waals surface area contributed by atoms with E-state index in [9.17, 15) is 0 Å². The molecule has 16 heavy (non-hydrogen) atoms. The van der Waals surface area contributed by atoms with Crippen molar-refractivity contribution in [1.29, 1.82) is 0 Å². The minimum Gasteiger partial charge on any atom is -0.378 e. The molecule has 1 unspecified atom stereocenters. The van der Waals surface area contributed by atoms with Crippen LogP contribution in [-0.4, -0.2) is 42.4 Å². The molecular formula is C10H14ClN3O2. The van der Waals surface area contributed by atoms with Crippen LogP contribution in [0.3, 0.4) is 0 Å². The van der Waals surface area contributed by atoms with Crippen LogP contribution in [0.2, 0.25) is 5.15 Å². The number of nitrogens with zero attached hydrogens (tertiary/aromatic N) is 2. The molecule has 1 fully saturated rings. The molecule has 1 saturated heterocycles. The number of ether oxygens (including phenoxy) is 2. The highest BCUT2D eigenvalue weighted by molar-refractivity contribution is 6.29. The second-order valence-electron chi connectivity index (χ2n) is 3.77. The summed E-state index contributed by atoms with van der Waals surface area (Å²) in [7, 11) is 1.69. The molecule has 0 spiro atoms. The Hall–Kier alpha value is -0.910. The molecule has 0 aliphatic carbocycles. The van der Waals surface area contributed by atoms with Crippen LogP contribution in [0.5, 0.6) is 0 Å². The minimum absolute atomic E-state index is 0.260. The zero-order valence-electron chi connectivity index (χ0n) is 9.07. The molecule has 1 N–H and O–H groups in total. The van der Waals surface area contributed by atoms with Gasteiger partial charge in [0, 0.05) is 26.7 Å². The summed E-state index contributed by atoms with van der Waals surface area (Å²) in [6.45, 7) is 1.97. The topological polar surface area (TPSA) is 56.3 Å². The smallest absolute Gasteiger partial charge is 0.149 e. The predicted octanol–water partition coefficient (Wildman–Crippen LogP) is 1.35. The monoisotopic (exact) mass is 243 g/mol. The van der Waals surface area contributed by atoms with E-state index >= 15 is 0 Å². The number of rotatable bonds is 4. The molecule has 0 aromatic carbocycles. The van der Waals surface area contributed by atoms with E-state index in [2.05, 4.69) is 15.3 Å². The first kappa shape index (κ1) is 11.6. The number of halogens is 1. The highest BCUT2D eigenvalue weighted by Crippen LogP contribution is 2.22. The normalized spacial score (nSPS) is 24.6. The highest BCUT2D eigenvalue weighted by Gasteiger charge is 2.34. The summed E-state index contributed by atoms with van der Waals surface area (Å²) in [6, 6.07) is 0. The average Bonchev–Trinajstić information content (AvgIpc) is 2.76. The molecule has 0 radical (unpaired) electrons. The van der Waals surface area contributed by atoms with Crippen molar-refractivity contribution in [2.24, 2.45) is 0 Å². The summed E-state index contributed by atoms with van der Waals surface area (Å²) in [5.41, 5.74) is -0.260. The number of hydrogen-bond acceptors (Lipinski definition) is 5. The maximum atomic E-state index is 5.74. The Labute approximate surface area is 99.1 Å². The van der Waals surface area contributed by atoms with Crippen LogP contribution in [0, 0.1) is 0 Å². The van der Waals surface area contributed by atoms with Gasteiger partial charge >= 0.3 is 0 Å². The number of nitrogens with one attached hydrogen (secondary N) is 1. The second-order valence-corrected chi connectivity index (χ2v) is 4.16. The largest absolute Gasteiger partial charge is 0.378 e. The van der Waals surface area contributed by atoms with E-state index in [1.165, 1.54) is 6.20 Å². The molecule has 1 aliphatic heterocycles. The van der Waals surface area contributed by atoms with Crippen LogP contribution in [0.25, 0.3) is 0 Å². The fourth-order valence-corrected chi connectivity index (χ4v) is 1.79. The molecule has 1 aromatic rings. The van der Waals surface area contributed by atoms with E-state index in [0.29, 0.717) is 24.1 Å². The summed E-state index contributed by atoms with van der Waals surface area (Å²) in [6.07, 6.45) is 4.01. The summed E-state index contributed by atoms with van der Waals surface area (Å²) in [5, 5.41) is 3.53.